The molecule has 1 saturated carbocycles. The van der Waals surface area contributed by atoms with E-state index in [1.807, 2.05) is 18.5 Å². The molecule has 7 nitrogen and oxygen atoms in total. The van der Waals surface area contributed by atoms with Crippen LogP contribution >= 0.6 is 0 Å². The molecule has 238 valence electrons. The van der Waals surface area contributed by atoms with Gasteiger partial charge in [0.05, 0.1) is 11.9 Å². The van der Waals surface area contributed by atoms with Crippen molar-refractivity contribution in [2.75, 3.05) is 31.6 Å². The number of hydrogen-bond donors (Lipinski definition) is 1. The second-order valence-corrected chi connectivity index (χ2v) is 13.4. The average molecular weight is 615 g/mol. The first-order valence-corrected chi connectivity index (χ1v) is 16.6. The smallest absolute Gasteiger partial charge is 0.264 e. The number of alkyl halides is 2. The van der Waals surface area contributed by atoms with Crippen molar-refractivity contribution >= 4 is 28.1 Å². The summed E-state index contributed by atoms with van der Waals surface area (Å²) in [5.74, 6) is 0.389. The molecule has 4 heterocycles. The van der Waals surface area contributed by atoms with Crippen molar-refractivity contribution in [3.8, 4) is 11.1 Å². The van der Waals surface area contributed by atoms with E-state index in [0.717, 1.165) is 73.0 Å². The van der Waals surface area contributed by atoms with Crippen molar-refractivity contribution < 1.29 is 13.6 Å². The monoisotopic (exact) mass is 614 g/mol. The van der Waals surface area contributed by atoms with Crippen LogP contribution in [0.4, 0.5) is 20.2 Å². The maximum atomic E-state index is 14.6. The third-order valence-corrected chi connectivity index (χ3v) is 10.7. The SMILES string of the molecule is CC(=O)n1cc2cc(C3CCC(N(C)C4CCNCC4)CC3)cc(N3CCCc4cc(-c5cnn(C)c5)c(C(F)F)cc43)c2c1. The lowest BCUT2D eigenvalue weighted by Crippen LogP contribution is -2.46. The Kier molecular flexibility index (Phi) is 8.25. The van der Waals surface area contributed by atoms with E-state index < -0.39 is 6.43 Å². The summed E-state index contributed by atoms with van der Waals surface area (Å²) in [6, 6.07) is 9.48. The molecule has 1 aliphatic carbocycles. The molecule has 45 heavy (non-hydrogen) atoms. The quantitative estimate of drug-likeness (QED) is 0.245. The number of fused-ring (bicyclic) bond motifs is 2. The van der Waals surface area contributed by atoms with Crippen LogP contribution in [0.25, 0.3) is 21.9 Å². The number of carbonyl (C=O) groups excluding carboxylic acids is 1. The molecule has 3 aliphatic rings. The van der Waals surface area contributed by atoms with Gasteiger partial charge in [0.1, 0.15) is 0 Å². The summed E-state index contributed by atoms with van der Waals surface area (Å²) in [6.07, 6.45) is 13.5. The third-order valence-electron chi connectivity index (χ3n) is 10.7. The number of aryl methyl sites for hydroxylation is 2. The molecule has 2 aliphatic heterocycles. The molecule has 0 bridgehead atoms. The number of benzene rings is 2. The van der Waals surface area contributed by atoms with Gasteiger partial charge in [0, 0.05) is 78.8 Å². The third kappa shape index (κ3) is 5.81. The number of rotatable bonds is 6. The van der Waals surface area contributed by atoms with Gasteiger partial charge in [-0.15, -0.1) is 0 Å². The van der Waals surface area contributed by atoms with E-state index in [2.05, 4.69) is 39.4 Å². The number of hydrogen-bond acceptors (Lipinski definition) is 5. The fourth-order valence-electron chi connectivity index (χ4n) is 8.12. The van der Waals surface area contributed by atoms with Crippen LogP contribution in [-0.4, -0.2) is 63.9 Å². The molecule has 0 unspecified atom stereocenters. The van der Waals surface area contributed by atoms with Gasteiger partial charge >= 0.3 is 0 Å². The molecule has 0 amide bonds. The summed E-state index contributed by atoms with van der Waals surface area (Å²) in [5, 5.41) is 9.74. The van der Waals surface area contributed by atoms with Gasteiger partial charge in [0.2, 0.25) is 5.91 Å². The molecule has 2 aromatic carbocycles. The minimum absolute atomic E-state index is 0.0264. The van der Waals surface area contributed by atoms with Crippen LogP contribution in [0.1, 0.15) is 85.7 Å². The minimum atomic E-state index is -2.61. The van der Waals surface area contributed by atoms with Crippen molar-refractivity contribution in [1.29, 1.82) is 0 Å². The number of anilines is 2. The van der Waals surface area contributed by atoms with E-state index in [9.17, 15) is 13.6 Å². The molecule has 1 N–H and O–H groups in total. The van der Waals surface area contributed by atoms with Gasteiger partial charge in [0.15, 0.2) is 0 Å². The largest absolute Gasteiger partial charge is 0.341 e. The van der Waals surface area contributed by atoms with E-state index in [1.165, 1.54) is 31.2 Å². The zero-order valence-electron chi connectivity index (χ0n) is 26.6. The first-order chi connectivity index (χ1) is 21.8. The van der Waals surface area contributed by atoms with Crippen LogP contribution in [0.3, 0.4) is 0 Å². The first kappa shape index (κ1) is 30.1. The van der Waals surface area contributed by atoms with Crippen molar-refractivity contribution in [1.82, 2.24) is 24.6 Å². The Morgan fingerprint density at radius 3 is 2.42 bits per heavy atom. The number of nitrogens with zero attached hydrogens (tertiary/aromatic N) is 5. The topological polar surface area (TPSA) is 58.3 Å². The van der Waals surface area contributed by atoms with Crippen molar-refractivity contribution in [2.24, 2.45) is 7.05 Å². The number of nitrogens with one attached hydrogen (secondary N) is 1. The molecule has 7 rings (SSSR count). The zero-order chi connectivity index (χ0) is 31.2. The van der Waals surface area contributed by atoms with E-state index in [-0.39, 0.29) is 11.5 Å². The Hall–Kier alpha value is -3.56. The normalized spacial score (nSPS) is 21.2. The highest BCUT2D eigenvalue weighted by molar-refractivity contribution is 5.99. The second kappa shape index (κ2) is 12.3. The standard InChI is InChI=1S/C36H44F2N6O/c1-23(45)43-21-27-15-26(24-6-8-29(9-7-24)42(3)30-10-12-39-13-11-30)17-35(33(27)22-43)44-14-4-5-25-16-31(28-19-40-41(2)20-28)32(36(37)38)18-34(25)44/h15-22,24,29-30,36,39H,4-14H2,1-3H3. The molecular formula is C36H44F2N6O. The predicted octanol–water partition coefficient (Wildman–Crippen LogP) is 7.43. The summed E-state index contributed by atoms with van der Waals surface area (Å²) >= 11 is 0. The lowest BCUT2D eigenvalue weighted by atomic mass is 9.80. The number of aromatic nitrogens is 3. The lowest BCUT2D eigenvalue weighted by molar-refractivity contribution is 0.0937. The fraction of sp³-hybridized carbons (Fsp3) is 0.500. The Bertz CT molecular complexity index is 1700. The summed E-state index contributed by atoms with van der Waals surface area (Å²) in [7, 11) is 4.12. The van der Waals surface area contributed by atoms with Crippen molar-refractivity contribution in [3.63, 3.8) is 0 Å². The molecule has 2 aromatic heterocycles. The number of piperidine rings is 1. The van der Waals surface area contributed by atoms with Crippen molar-refractivity contribution in [2.45, 2.75) is 82.7 Å². The van der Waals surface area contributed by atoms with Crippen LogP contribution in [-0.2, 0) is 13.5 Å². The maximum absolute atomic E-state index is 14.6. The lowest BCUT2D eigenvalue weighted by Gasteiger charge is -2.41. The van der Waals surface area contributed by atoms with Crippen LogP contribution in [0.5, 0.6) is 0 Å². The molecule has 1 saturated heterocycles. The molecule has 0 spiro atoms. The highest BCUT2D eigenvalue weighted by Crippen LogP contribution is 2.45. The van der Waals surface area contributed by atoms with E-state index in [1.54, 1.807) is 41.7 Å². The number of carbonyl (C=O) groups is 1. The zero-order valence-corrected chi connectivity index (χ0v) is 26.6. The van der Waals surface area contributed by atoms with Gasteiger partial charge in [-0.2, -0.15) is 5.10 Å². The minimum Gasteiger partial charge on any atom is -0.341 e. The van der Waals surface area contributed by atoms with Crippen LogP contribution < -0.4 is 10.2 Å². The van der Waals surface area contributed by atoms with Gasteiger partial charge in [-0.25, -0.2) is 8.78 Å². The summed E-state index contributed by atoms with van der Waals surface area (Å²) in [5.41, 5.74) is 5.48. The summed E-state index contributed by atoms with van der Waals surface area (Å²) in [4.78, 5) is 17.3. The van der Waals surface area contributed by atoms with E-state index in [0.29, 0.717) is 29.1 Å². The maximum Gasteiger partial charge on any atom is 0.264 e. The van der Waals surface area contributed by atoms with Gasteiger partial charge in [-0.05, 0) is 118 Å². The average Bonchev–Trinajstić information content (AvgIpc) is 3.70. The summed E-state index contributed by atoms with van der Waals surface area (Å²) < 4.78 is 32.5. The Labute approximate surface area is 264 Å². The van der Waals surface area contributed by atoms with E-state index >= 15 is 0 Å². The van der Waals surface area contributed by atoms with Crippen LogP contribution in [0.2, 0.25) is 0 Å². The molecule has 0 atom stereocenters. The molecular weight excluding hydrogens is 570 g/mol. The van der Waals surface area contributed by atoms with Crippen LogP contribution in [0.15, 0.2) is 49.1 Å². The molecule has 4 aromatic rings. The van der Waals surface area contributed by atoms with Crippen molar-refractivity contribution in [3.05, 3.63) is 65.7 Å². The first-order valence-electron chi connectivity index (χ1n) is 16.6. The fourth-order valence-corrected chi connectivity index (χ4v) is 8.12. The molecule has 9 heteroatoms. The van der Waals surface area contributed by atoms with Gasteiger partial charge in [-0.1, -0.05) is 0 Å². The van der Waals surface area contributed by atoms with Crippen LogP contribution in [0, 0.1) is 0 Å². The Morgan fingerprint density at radius 1 is 0.978 bits per heavy atom. The molecule has 2 fully saturated rings. The summed E-state index contributed by atoms with van der Waals surface area (Å²) in [6.45, 7) is 4.52. The number of halogens is 2. The van der Waals surface area contributed by atoms with Gasteiger partial charge < -0.3 is 15.1 Å². The Balaban J connectivity index is 1.25. The predicted molar refractivity (Wildman–Crippen MR) is 176 cm³/mol. The van der Waals surface area contributed by atoms with Gasteiger partial charge in [-0.3, -0.25) is 14.0 Å². The van der Waals surface area contributed by atoms with E-state index in [4.69, 9.17) is 0 Å². The van der Waals surface area contributed by atoms with Gasteiger partial charge in [0.25, 0.3) is 6.43 Å². The molecule has 0 radical (unpaired) electrons. The highest BCUT2D eigenvalue weighted by Gasteiger charge is 2.31. The second-order valence-electron chi connectivity index (χ2n) is 13.4. The highest BCUT2D eigenvalue weighted by atomic mass is 19.3. The Morgan fingerprint density at radius 2 is 1.73 bits per heavy atom.